The lowest BCUT2D eigenvalue weighted by atomic mass is 9.97. The highest BCUT2D eigenvalue weighted by Crippen LogP contribution is 2.30. The van der Waals surface area contributed by atoms with Crippen LogP contribution in [-0.4, -0.2) is 140 Å². The van der Waals surface area contributed by atoms with Crippen molar-refractivity contribution >= 4 is 5.91 Å². The normalized spacial score (nSPS) is 25.0. The summed E-state index contributed by atoms with van der Waals surface area (Å²) in [6.45, 7) is 2.59. The molecule has 0 aromatic rings. The highest BCUT2D eigenvalue weighted by Gasteiger charge is 2.51. The predicted molar refractivity (Wildman–Crippen MR) is 322 cm³/mol. The van der Waals surface area contributed by atoms with Crippen molar-refractivity contribution in [2.75, 3.05) is 19.8 Å². The number of nitrogens with one attached hydrogen (secondary N) is 1. The van der Waals surface area contributed by atoms with E-state index in [0.29, 0.717) is 6.42 Å². The van der Waals surface area contributed by atoms with Crippen molar-refractivity contribution < 1.29 is 64.6 Å². The molecule has 0 saturated carbocycles. The molecule has 14 heteroatoms. The van der Waals surface area contributed by atoms with E-state index in [1.807, 2.05) is 6.08 Å². The molecule has 12 atom stereocenters. The van der Waals surface area contributed by atoms with Crippen LogP contribution < -0.4 is 5.32 Å². The molecular formula is C66H111NO13. The first kappa shape index (κ1) is 72.8. The summed E-state index contributed by atoms with van der Waals surface area (Å²) in [5.74, 6) is -0.249. The molecule has 1 amide bonds. The van der Waals surface area contributed by atoms with Gasteiger partial charge in [0.25, 0.3) is 0 Å². The summed E-state index contributed by atoms with van der Waals surface area (Å²) < 4.78 is 22.7. The Morgan fingerprint density at radius 1 is 0.463 bits per heavy atom. The minimum atomic E-state index is -1.79. The first-order valence-electron chi connectivity index (χ1n) is 31.1. The van der Waals surface area contributed by atoms with Crippen LogP contribution in [0.5, 0.6) is 0 Å². The maximum Gasteiger partial charge on any atom is 0.220 e. The summed E-state index contributed by atoms with van der Waals surface area (Å²) in [6, 6.07) is -0.917. The minimum Gasteiger partial charge on any atom is -0.394 e. The van der Waals surface area contributed by atoms with E-state index in [9.17, 15) is 45.6 Å². The largest absolute Gasteiger partial charge is 0.394 e. The average molecular weight is 1130 g/mol. The second-order valence-corrected chi connectivity index (χ2v) is 21.5. The van der Waals surface area contributed by atoms with Gasteiger partial charge in [-0.3, -0.25) is 4.79 Å². The van der Waals surface area contributed by atoms with Gasteiger partial charge in [-0.1, -0.05) is 226 Å². The van der Waals surface area contributed by atoms with Gasteiger partial charge in [0.05, 0.1) is 32.0 Å². The van der Waals surface area contributed by atoms with Crippen LogP contribution in [0.3, 0.4) is 0 Å². The number of allylic oxidation sites excluding steroid dienone is 17. The number of carbonyl (C=O) groups excluding carboxylic acids is 1. The zero-order valence-electron chi connectivity index (χ0n) is 49.3. The Bertz CT molecular complexity index is 1760. The number of ether oxygens (including phenoxy) is 4. The second-order valence-electron chi connectivity index (χ2n) is 21.5. The van der Waals surface area contributed by atoms with E-state index in [4.69, 9.17) is 18.9 Å². The van der Waals surface area contributed by atoms with Gasteiger partial charge in [0.2, 0.25) is 5.91 Å². The molecular weight excluding hydrogens is 1010 g/mol. The standard InChI is InChI=1S/C66H111NO13/c1-3-5-7-9-11-12-13-14-15-16-17-18-19-20-21-22-23-24-25-26-27-28-29-30-31-32-33-34-35-36-37-38-39-40-41-42-44-46-48-50-58(71)67-54(55(70)49-47-45-43-10-8-6-4-2)53-77-65-63(76)61(74)64(57(52-69)79-65)80-66-62(75)60(73)59(72)56(51-68)78-66/h5,7,11-12,14-15,17-18,20-21,23-24,26-27,29-30,47,49,54-57,59-66,68-70,72-76H,3-4,6,8-10,13,16,19,22,25,28,31-46,48,50-53H2,1-2H3,(H,67,71)/b7-5-,12-11-,15-14-,18-17-,21-20-,24-23-,27-26-,30-29-,49-47+. The molecule has 0 aliphatic carbocycles. The Kier molecular flexibility index (Phi) is 45.6. The van der Waals surface area contributed by atoms with Gasteiger partial charge in [-0.25, -0.2) is 0 Å². The number of rotatable bonds is 48. The highest BCUT2D eigenvalue weighted by atomic mass is 16.7. The van der Waals surface area contributed by atoms with Gasteiger partial charge in [-0.15, -0.1) is 0 Å². The fourth-order valence-electron chi connectivity index (χ4n) is 9.48. The van der Waals surface area contributed by atoms with E-state index >= 15 is 0 Å². The van der Waals surface area contributed by atoms with Gasteiger partial charge in [0.15, 0.2) is 12.6 Å². The summed E-state index contributed by atoms with van der Waals surface area (Å²) >= 11 is 0. The van der Waals surface area contributed by atoms with E-state index in [0.717, 1.165) is 103 Å². The molecule has 0 radical (unpaired) electrons. The van der Waals surface area contributed by atoms with Gasteiger partial charge in [-0.05, 0) is 83.5 Å². The van der Waals surface area contributed by atoms with Gasteiger partial charge in [0.1, 0.15) is 48.8 Å². The maximum atomic E-state index is 13.2. The van der Waals surface area contributed by atoms with Crippen molar-refractivity contribution in [2.24, 2.45) is 0 Å². The van der Waals surface area contributed by atoms with Crippen LogP contribution in [0.25, 0.3) is 0 Å². The van der Waals surface area contributed by atoms with Crippen LogP contribution in [-0.2, 0) is 23.7 Å². The Labute approximate surface area is 483 Å². The lowest BCUT2D eigenvalue weighted by molar-refractivity contribution is -0.359. The topological polar surface area (TPSA) is 228 Å². The minimum absolute atomic E-state index is 0.249. The first-order chi connectivity index (χ1) is 39.1. The third-order valence-corrected chi connectivity index (χ3v) is 14.5. The van der Waals surface area contributed by atoms with E-state index in [-0.39, 0.29) is 18.9 Å². The monoisotopic (exact) mass is 1130 g/mol. The van der Waals surface area contributed by atoms with E-state index in [1.165, 1.54) is 77.0 Å². The van der Waals surface area contributed by atoms with Crippen molar-refractivity contribution in [3.8, 4) is 0 Å². The van der Waals surface area contributed by atoms with Crippen LogP contribution in [0.15, 0.2) is 109 Å². The van der Waals surface area contributed by atoms with Crippen molar-refractivity contribution in [2.45, 2.75) is 280 Å². The molecule has 2 aliphatic heterocycles. The number of aliphatic hydroxyl groups excluding tert-OH is 8. The Hall–Kier alpha value is -3.35. The third kappa shape index (κ3) is 34.9. The molecule has 0 bridgehead atoms. The molecule has 0 aromatic carbocycles. The van der Waals surface area contributed by atoms with Gasteiger partial charge >= 0.3 is 0 Å². The number of carbonyl (C=O) groups is 1. The summed E-state index contributed by atoms with van der Waals surface area (Å²) in [5, 5.41) is 86.6. The summed E-state index contributed by atoms with van der Waals surface area (Å²) in [6.07, 6.45) is 54.8. The van der Waals surface area contributed by atoms with Crippen LogP contribution in [0, 0.1) is 0 Å². The van der Waals surface area contributed by atoms with Gasteiger partial charge in [0, 0.05) is 6.42 Å². The van der Waals surface area contributed by atoms with E-state index < -0.39 is 86.8 Å². The highest BCUT2D eigenvalue weighted by molar-refractivity contribution is 5.76. The summed E-state index contributed by atoms with van der Waals surface area (Å²) in [5.41, 5.74) is 0. The first-order valence-corrected chi connectivity index (χ1v) is 31.1. The third-order valence-electron chi connectivity index (χ3n) is 14.5. The van der Waals surface area contributed by atoms with Crippen LogP contribution in [0.2, 0.25) is 0 Å². The van der Waals surface area contributed by atoms with Crippen molar-refractivity contribution in [1.29, 1.82) is 0 Å². The van der Waals surface area contributed by atoms with Crippen LogP contribution in [0.4, 0.5) is 0 Å². The van der Waals surface area contributed by atoms with Crippen LogP contribution >= 0.6 is 0 Å². The smallest absolute Gasteiger partial charge is 0.220 e. The van der Waals surface area contributed by atoms with Gasteiger partial charge < -0.3 is 65.1 Å². The fourth-order valence-corrected chi connectivity index (χ4v) is 9.48. The predicted octanol–water partition coefficient (Wildman–Crippen LogP) is 11.2. The lowest BCUT2D eigenvalue weighted by Crippen LogP contribution is -2.65. The molecule has 2 aliphatic rings. The zero-order valence-corrected chi connectivity index (χ0v) is 49.3. The zero-order chi connectivity index (χ0) is 58.1. The van der Waals surface area contributed by atoms with E-state index in [1.54, 1.807) is 6.08 Å². The van der Waals surface area contributed by atoms with E-state index in [2.05, 4.69) is 116 Å². The molecule has 2 heterocycles. The lowest BCUT2D eigenvalue weighted by Gasteiger charge is -2.46. The Morgan fingerprint density at radius 3 is 1.32 bits per heavy atom. The molecule has 2 fully saturated rings. The van der Waals surface area contributed by atoms with Crippen molar-refractivity contribution in [3.05, 3.63) is 109 Å². The average Bonchev–Trinajstić information content (AvgIpc) is 3.48. The van der Waals surface area contributed by atoms with Crippen molar-refractivity contribution in [3.63, 3.8) is 0 Å². The molecule has 2 saturated heterocycles. The Balaban J connectivity index is 1.54. The van der Waals surface area contributed by atoms with Crippen LogP contribution in [0.1, 0.15) is 206 Å². The molecule has 9 N–H and O–H groups in total. The molecule has 80 heavy (non-hydrogen) atoms. The fraction of sp³-hybridized carbons (Fsp3) is 0.712. The molecule has 458 valence electrons. The molecule has 2 rings (SSSR count). The quantitative estimate of drug-likeness (QED) is 0.0204. The van der Waals surface area contributed by atoms with Gasteiger partial charge in [-0.2, -0.15) is 0 Å². The molecule has 0 spiro atoms. The summed E-state index contributed by atoms with van der Waals surface area (Å²) in [7, 11) is 0. The number of hydrogen-bond acceptors (Lipinski definition) is 13. The summed E-state index contributed by atoms with van der Waals surface area (Å²) in [4.78, 5) is 13.2. The van der Waals surface area contributed by atoms with Crippen molar-refractivity contribution in [1.82, 2.24) is 5.32 Å². The number of hydrogen-bond donors (Lipinski definition) is 9. The Morgan fingerprint density at radius 2 is 0.863 bits per heavy atom. The number of aliphatic hydroxyl groups is 8. The maximum absolute atomic E-state index is 13.2. The SMILES string of the molecule is CC/C=C\C/C=C\C/C=C\C/C=C\C/C=C\C/C=C\C/C=C\C/C=C\CCCCCCCCCCCCCCCCC(=O)NC(COC1OC(CO)C(OC2OC(CO)C(O)C(O)C2O)C(O)C1O)C(O)/C=C/CCCCCCC. The number of unbranched alkanes of at least 4 members (excludes halogenated alkanes) is 19. The second kappa shape index (κ2) is 50.2. The molecule has 12 unspecified atom stereocenters. The molecule has 14 nitrogen and oxygen atoms in total. The number of amides is 1. The molecule has 0 aromatic heterocycles.